The molecule has 21 heavy (non-hydrogen) atoms. The zero-order chi connectivity index (χ0) is 14.2. The van der Waals surface area contributed by atoms with Crippen LogP contribution >= 0.6 is 0 Å². The molecule has 2 heterocycles. The molecule has 104 valence electrons. The summed E-state index contributed by atoms with van der Waals surface area (Å²) in [7, 11) is 0. The molecule has 0 bridgehead atoms. The summed E-state index contributed by atoms with van der Waals surface area (Å²) < 4.78 is 5.60. The van der Waals surface area contributed by atoms with Gasteiger partial charge in [-0.2, -0.15) is 5.26 Å². The fraction of sp³-hybridized carbons (Fsp3) is 0.312. The van der Waals surface area contributed by atoms with Crippen molar-refractivity contribution in [1.29, 1.82) is 5.26 Å². The minimum absolute atomic E-state index is 0.481. The molecule has 1 fully saturated rings. The van der Waals surface area contributed by atoms with Crippen LogP contribution in [0.3, 0.4) is 0 Å². The average molecular weight is 278 g/mol. The summed E-state index contributed by atoms with van der Waals surface area (Å²) in [6.45, 7) is 0.724. The number of aromatic nitrogens is 2. The van der Waals surface area contributed by atoms with Crippen LogP contribution in [0.5, 0.6) is 5.75 Å². The average Bonchev–Trinajstić information content (AvgIpc) is 3.20. The second kappa shape index (κ2) is 4.74. The van der Waals surface area contributed by atoms with Crippen molar-refractivity contribution in [2.24, 2.45) is 0 Å². The third-order valence-corrected chi connectivity index (χ3v) is 3.79. The second-order valence-corrected chi connectivity index (χ2v) is 5.41. The van der Waals surface area contributed by atoms with Gasteiger partial charge in [-0.25, -0.2) is 9.97 Å². The fourth-order valence-electron chi connectivity index (χ4n) is 2.48. The van der Waals surface area contributed by atoms with E-state index in [1.807, 2.05) is 12.1 Å². The molecule has 2 aromatic rings. The minimum atomic E-state index is 0.481. The third kappa shape index (κ3) is 2.29. The zero-order valence-electron chi connectivity index (χ0n) is 11.5. The van der Waals surface area contributed by atoms with E-state index in [2.05, 4.69) is 27.4 Å². The van der Waals surface area contributed by atoms with E-state index in [0.717, 1.165) is 37.2 Å². The van der Waals surface area contributed by atoms with Gasteiger partial charge in [0.25, 0.3) is 0 Å². The first-order valence-corrected chi connectivity index (χ1v) is 7.13. The van der Waals surface area contributed by atoms with Crippen molar-refractivity contribution >= 4 is 5.95 Å². The highest BCUT2D eigenvalue weighted by Crippen LogP contribution is 2.32. The van der Waals surface area contributed by atoms with Crippen LogP contribution in [0.25, 0.3) is 11.3 Å². The standard InChI is InChI=1S/C16H14N4O/c17-8-12-9-18-16(19-13-3-4-13)20-15(12)11-2-1-10-5-6-21-14(10)7-11/h1-2,7,9,13H,3-6H2,(H,18,19,20). The molecule has 5 nitrogen and oxygen atoms in total. The summed E-state index contributed by atoms with van der Waals surface area (Å²) in [4.78, 5) is 8.73. The number of hydrogen-bond donors (Lipinski definition) is 1. The molecule has 0 spiro atoms. The fourth-order valence-corrected chi connectivity index (χ4v) is 2.48. The van der Waals surface area contributed by atoms with Gasteiger partial charge in [0.2, 0.25) is 5.95 Å². The largest absolute Gasteiger partial charge is 0.493 e. The van der Waals surface area contributed by atoms with Crippen LogP contribution in [0.15, 0.2) is 24.4 Å². The first kappa shape index (κ1) is 12.2. The van der Waals surface area contributed by atoms with Crippen LogP contribution < -0.4 is 10.1 Å². The molecular weight excluding hydrogens is 264 g/mol. The quantitative estimate of drug-likeness (QED) is 0.934. The summed E-state index contributed by atoms with van der Waals surface area (Å²) in [5.41, 5.74) is 3.25. The van der Waals surface area contributed by atoms with E-state index in [4.69, 9.17) is 4.74 Å². The second-order valence-electron chi connectivity index (χ2n) is 5.41. The molecule has 0 radical (unpaired) electrons. The van der Waals surface area contributed by atoms with Crippen molar-refractivity contribution in [2.45, 2.75) is 25.3 Å². The molecule has 0 amide bonds. The number of nitriles is 1. The molecular formula is C16H14N4O. The van der Waals surface area contributed by atoms with Crippen molar-refractivity contribution in [3.63, 3.8) is 0 Å². The molecule has 1 N–H and O–H groups in total. The first-order valence-electron chi connectivity index (χ1n) is 7.13. The van der Waals surface area contributed by atoms with Crippen LogP contribution in [-0.4, -0.2) is 22.6 Å². The first-order chi connectivity index (χ1) is 10.3. The van der Waals surface area contributed by atoms with Gasteiger partial charge in [-0.05, 0) is 24.5 Å². The van der Waals surface area contributed by atoms with Crippen LogP contribution in [0.1, 0.15) is 24.0 Å². The topological polar surface area (TPSA) is 70.8 Å². The highest BCUT2D eigenvalue weighted by molar-refractivity contribution is 5.69. The Morgan fingerprint density at radius 1 is 1.33 bits per heavy atom. The highest BCUT2D eigenvalue weighted by Gasteiger charge is 2.23. The molecule has 1 aliphatic carbocycles. The monoisotopic (exact) mass is 278 g/mol. The van der Waals surface area contributed by atoms with Crippen LogP contribution in [0.2, 0.25) is 0 Å². The van der Waals surface area contributed by atoms with Gasteiger partial charge in [0.15, 0.2) is 0 Å². The van der Waals surface area contributed by atoms with Gasteiger partial charge in [-0.15, -0.1) is 0 Å². The van der Waals surface area contributed by atoms with Crippen molar-refractivity contribution in [3.8, 4) is 23.1 Å². The number of benzene rings is 1. The van der Waals surface area contributed by atoms with Crippen molar-refractivity contribution < 1.29 is 4.74 Å². The summed E-state index contributed by atoms with van der Waals surface area (Å²) in [6.07, 6.45) is 4.84. The molecule has 0 atom stereocenters. The van der Waals surface area contributed by atoms with Gasteiger partial charge in [0, 0.05) is 18.0 Å². The van der Waals surface area contributed by atoms with Gasteiger partial charge in [-0.3, -0.25) is 0 Å². The van der Waals surface area contributed by atoms with Gasteiger partial charge in [-0.1, -0.05) is 12.1 Å². The molecule has 1 aromatic carbocycles. The smallest absolute Gasteiger partial charge is 0.223 e. The van der Waals surface area contributed by atoms with Crippen molar-refractivity contribution in [3.05, 3.63) is 35.5 Å². The number of rotatable bonds is 3. The predicted octanol–water partition coefficient (Wildman–Crippen LogP) is 2.52. The number of nitrogens with zero attached hydrogens (tertiary/aromatic N) is 3. The van der Waals surface area contributed by atoms with Crippen molar-refractivity contribution in [2.75, 3.05) is 11.9 Å². The number of anilines is 1. The maximum Gasteiger partial charge on any atom is 0.223 e. The van der Waals surface area contributed by atoms with E-state index in [-0.39, 0.29) is 0 Å². The van der Waals surface area contributed by atoms with E-state index < -0.39 is 0 Å². The third-order valence-electron chi connectivity index (χ3n) is 3.79. The highest BCUT2D eigenvalue weighted by atomic mass is 16.5. The normalized spacial score (nSPS) is 16.0. The van der Waals surface area contributed by atoms with Gasteiger partial charge in [0.05, 0.1) is 24.1 Å². The molecule has 1 aliphatic heterocycles. The maximum atomic E-state index is 9.28. The zero-order valence-corrected chi connectivity index (χ0v) is 11.5. The van der Waals surface area contributed by atoms with Gasteiger partial charge < -0.3 is 10.1 Å². The number of ether oxygens (including phenoxy) is 1. The molecule has 5 heteroatoms. The SMILES string of the molecule is N#Cc1cnc(NC2CC2)nc1-c1ccc2c(c1)OCC2. The molecule has 0 unspecified atom stereocenters. The summed E-state index contributed by atoms with van der Waals surface area (Å²) in [6, 6.07) is 8.66. The Labute approximate surface area is 122 Å². The van der Waals surface area contributed by atoms with Gasteiger partial charge in [0.1, 0.15) is 11.8 Å². The lowest BCUT2D eigenvalue weighted by molar-refractivity contribution is 0.357. The van der Waals surface area contributed by atoms with Gasteiger partial charge >= 0.3 is 0 Å². The number of hydrogen-bond acceptors (Lipinski definition) is 5. The molecule has 1 aromatic heterocycles. The van der Waals surface area contributed by atoms with Crippen LogP contribution in [0, 0.1) is 11.3 Å². The Bertz CT molecular complexity index is 746. The predicted molar refractivity (Wildman–Crippen MR) is 78.0 cm³/mol. The van der Waals surface area contributed by atoms with E-state index in [1.54, 1.807) is 6.20 Å². The summed E-state index contributed by atoms with van der Waals surface area (Å²) >= 11 is 0. The van der Waals surface area contributed by atoms with E-state index in [1.165, 1.54) is 5.56 Å². The number of nitrogens with one attached hydrogen (secondary N) is 1. The van der Waals surface area contributed by atoms with Crippen LogP contribution in [-0.2, 0) is 6.42 Å². The Hall–Kier alpha value is -2.61. The lowest BCUT2D eigenvalue weighted by atomic mass is 10.0. The van der Waals surface area contributed by atoms with E-state index in [0.29, 0.717) is 23.2 Å². The molecule has 4 rings (SSSR count). The molecule has 0 saturated heterocycles. The maximum absolute atomic E-state index is 9.28. The lowest BCUT2D eigenvalue weighted by Crippen LogP contribution is -2.06. The van der Waals surface area contributed by atoms with E-state index in [9.17, 15) is 5.26 Å². The molecule has 1 saturated carbocycles. The Morgan fingerprint density at radius 2 is 2.24 bits per heavy atom. The Balaban J connectivity index is 1.76. The number of fused-ring (bicyclic) bond motifs is 1. The Kier molecular flexibility index (Phi) is 2.74. The van der Waals surface area contributed by atoms with Crippen LogP contribution in [0.4, 0.5) is 5.95 Å². The van der Waals surface area contributed by atoms with E-state index >= 15 is 0 Å². The minimum Gasteiger partial charge on any atom is -0.493 e. The lowest BCUT2D eigenvalue weighted by Gasteiger charge is -2.08. The molecule has 2 aliphatic rings. The summed E-state index contributed by atoms with van der Waals surface area (Å²) in [5, 5.41) is 12.5. The Morgan fingerprint density at radius 3 is 3.05 bits per heavy atom. The summed E-state index contributed by atoms with van der Waals surface area (Å²) in [5.74, 6) is 1.49. The van der Waals surface area contributed by atoms with Crippen molar-refractivity contribution in [1.82, 2.24) is 9.97 Å².